The number of aliphatic imine (C=N–C) groups is 1. The molecule has 152 valence electrons. The summed E-state index contributed by atoms with van der Waals surface area (Å²) in [6.45, 7) is 5.91. The monoisotopic (exact) mass is 496 g/mol. The average Bonchev–Trinajstić information content (AvgIpc) is 2.68. The summed E-state index contributed by atoms with van der Waals surface area (Å²) in [5, 5.41) is 9.32. The van der Waals surface area contributed by atoms with Crippen molar-refractivity contribution >= 4 is 35.8 Å². The summed E-state index contributed by atoms with van der Waals surface area (Å²) in [5.41, 5.74) is 3.53. The van der Waals surface area contributed by atoms with Crippen molar-refractivity contribution in [2.24, 2.45) is 4.99 Å². The fraction of sp³-hybridized carbons (Fsp3) is 0.333. The second-order valence-electron chi connectivity index (χ2n) is 6.10. The van der Waals surface area contributed by atoms with E-state index < -0.39 is 0 Å². The third-order valence-electron chi connectivity index (χ3n) is 4.03. The quantitative estimate of drug-likeness (QED) is 0.299. The third kappa shape index (κ3) is 8.16. The SMILES string of the molecule is CCNC(=O)COc1cccc(CNC(=NC)NCc2ccccc2C)c1.I. The Kier molecular flexibility index (Phi) is 11.0. The van der Waals surface area contributed by atoms with Crippen LogP contribution in [0, 0.1) is 6.92 Å². The van der Waals surface area contributed by atoms with Crippen molar-refractivity contribution in [3.05, 3.63) is 65.2 Å². The van der Waals surface area contributed by atoms with Crippen LogP contribution in [0.25, 0.3) is 0 Å². The van der Waals surface area contributed by atoms with Gasteiger partial charge in [-0.2, -0.15) is 0 Å². The first-order valence-electron chi connectivity index (χ1n) is 9.09. The number of benzene rings is 2. The number of aryl methyl sites for hydroxylation is 1. The van der Waals surface area contributed by atoms with E-state index in [1.165, 1.54) is 11.1 Å². The van der Waals surface area contributed by atoms with Crippen LogP contribution in [0.4, 0.5) is 0 Å². The highest BCUT2D eigenvalue weighted by molar-refractivity contribution is 14.0. The number of carbonyl (C=O) groups is 1. The van der Waals surface area contributed by atoms with E-state index in [1.807, 2.05) is 43.3 Å². The molecule has 0 aliphatic carbocycles. The van der Waals surface area contributed by atoms with E-state index in [4.69, 9.17) is 4.74 Å². The zero-order valence-electron chi connectivity index (χ0n) is 16.6. The van der Waals surface area contributed by atoms with E-state index in [2.05, 4.69) is 40.0 Å². The number of ether oxygens (including phenoxy) is 1. The number of hydrogen-bond donors (Lipinski definition) is 3. The number of nitrogens with one attached hydrogen (secondary N) is 3. The topological polar surface area (TPSA) is 74.8 Å². The second-order valence-corrected chi connectivity index (χ2v) is 6.10. The van der Waals surface area contributed by atoms with E-state index in [-0.39, 0.29) is 36.5 Å². The maximum atomic E-state index is 11.5. The summed E-state index contributed by atoms with van der Waals surface area (Å²) >= 11 is 0. The van der Waals surface area contributed by atoms with E-state index in [0.717, 1.165) is 11.5 Å². The lowest BCUT2D eigenvalue weighted by Crippen LogP contribution is -2.36. The molecule has 0 saturated heterocycles. The van der Waals surface area contributed by atoms with E-state index in [1.54, 1.807) is 7.05 Å². The molecule has 0 aromatic heterocycles. The summed E-state index contributed by atoms with van der Waals surface area (Å²) < 4.78 is 5.53. The van der Waals surface area contributed by atoms with Crippen molar-refractivity contribution in [3.63, 3.8) is 0 Å². The number of amides is 1. The molecule has 6 nitrogen and oxygen atoms in total. The Labute approximate surface area is 184 Å². The minimum absolute atomic E-state index is 0. The van der Waals surface area contributed by atoms with Gasteiger partial charge in [-0.25, -0.2) is 0 Å². The summed E-state index contributed by atoms with van der Waals surface area (Å²) in [4.78, 5) is 15.8. The number of carbonyl (C=O) groups excluding carboxylic acids is 1. The third-order valence-corrected chi connectivity index (χ3v) is 4.03. The first-order chi connectivity index (χ1) is 13.1. The minimum atomic E-state index is -0.123. The van der Waals surface area contributed by atoms with Crippen LogP contribution in [-0.2, 0) is 17.9 Å². The molecule has 0 heterocycles. The van der Waals surface area contributed by atoms with Crippen LogP contribution in [0.3, 0.4) is 0 Å². The maximum absolute atomic E-state index is 11.5. The van der Waals surface area contributed by atoms with Crippen molar-refractivity contribution in [2.45, 2.75) is 26.9 Å². The summed E-state index contributed by atoms with van der Waals surface area (Å²) in [6, 6.07) is 15.9. The molecule has 0 radical (unpaired) electrons. The molecule has 2 aromatic rings. The van der Waals surface area contributed by atoms with Crippen molar-refractivity contribution in [1.82, 2.24) is 16.0 Å². The molecule has 3 N–H and O–H groups in total. The number of hydrogen-bond acceptors (Lipinski definition) is 3. The van der Waals surface area contributed by atoms with Crippen molar-refractivity contribution in [1.29, 1.82) is 0 Å². The lowest BCUT2D eigenvalue weighted by Gasteiger charge is -2.14. The highest BCUT2D eigenvalue weighted by Crippen LogP contribution is 2.13. The zero-order chi connectivity index (χ0) is 19.5. The second kappa shape index (κ2) is 13.0. The Morgan fingerprint density at radius 1 is 1.04 bits per heavy atom. The molecule has 2 aromatic carbocycles. The van der Waals surface area contributed by atoms with Crippen molar-refractivity contribution < 1.29 is 9.53 Å². The fourth-order valence-electron chi connectivity index (χ4n) is 2.54. The van der Waals surface area contributed by atoms with E-state index >= 15 is 0 Å². The van der Waals surface area contributed by atoms with Gasteiger partial charge in [-0.3, -0.25) is 9.79 Å². The molecule has 28 heavy (non-hydrogen) atoms. The van der Waals surface area contributed by atoms with Crippen LogP contribution >= 0.6 is 24.0 Å². The first kappa shape index (κ1) is 23.7. The van der Waals surface area contributed by atoms with Gasteiger partial charge in [0.2, 0.25) is 0 Å². The maximum Gasteiger partial charge on any atom is 0.257 e. The van der Waals surface area contributed by atoms with Gasteiger partial charge in [-0.1, -0.05) is 36.4 Å². The predicted octanol–water partition coefficient (Wildman–Crippen LogP) is 2.99. The Hall–Kier alpha value is -2.29. The van der Waals surface area contributed by atoms with Crippen LogP contribution in [-0.4, -0.2) is 32.1 Å². The van der Waals surface area contributed by atoms with Gasteiger partial charge >= 0.3 is 0 Å². The van der Waals surface area contributed by atoms with E-state index in [9.17, 15) is 4.79 Å². The highest BCUT2D eigenvalue weighted by Gasteiger charge is 2.04. The molecule has 0 spiro atoms. The lowest BCUT2D eigenvalue weighted by atomic mass is 10.1. The molecule has 0 saturated carbocycles. The van der Waals surface area contributed by atoms with Gasteiger partial charge in [0.05, 0.1) is 0 Å². The van der Waals surface area contributed by atoms with Crippen molar-refractivity contribution in [2.75, 3.05) is 20.2 Å². The van der Waals surface area contributed by atoms with Gasteiger partial charge in [0, 0.05) is 26.7 Å². The number of likely N-dealkylation sites (N-methyl/N-ethyl adjacent to an activating group) is 1. The van der Waals surface area contributed by atoms with Crippen LogP contribution < -0.4 is 20.7 Å². The summed E-state index contributed by atoms with van der Waals surface area (Å²) in [5.74, 6) is 1.28. The van der Waals surface area contributed by atoms with Gasteiger partial charge in [0.1, 0.15) is 5.75 Å². The van der Waals surface area contributed by atoms with Gasteiger partial charge in [-0.15, -0.1) is 24.0 Å². The van der Waals surface area contributed by atoms with Crippen LogP contribution in [0.15, 0.2) is 53.5 Å². The molecule has 0 aliphatic rings. The highest BCUT2D eigenvalue weighted by atomic mass is 127. The molecule has 1 amide bonds. The van der Waals surface area contributed by atoms with E-state index in [0.29, 0.717) is 25.4 Å². The molecule has 0 aliphatic heterocycles. The Balaban J connectivity index is 0.00000392. The van der Waals surface area contributed by atoms with Gasteiger partial charge in [0.25, 0.3) is 5.91 Å². The molecule has 2 rings (SSSR count). The Morgan fingerprint density at radius 3 is 2.50 bits per heavy atom. The Morgan fingerprint density at radius 2 is 1.79 bits per heavy atom. The predicted molar refractivity (Wildman–Crippen MR) is 124 cm³/mol. The Bertz CT molecular complexity index is 781. The van der Waals surface area contributed by atoms with Crippen LogP contribution in [0.5, 0.6) is 5.75 Å². The summed E-state index contributed by atoms with van der Waals surface area (Å²) in [6.07, 6.45) is 0. The van der Waals surface area contributed by atoms with Gasteiger partial charge in [0.15, 0.2) is 12.6 Å². The van der Waals surface area contributed by atoms with Crippen LogP contribution in [0.1, 0.15) is 23.6 Å². The molecule has 0 unspecified atom stereocenters. The van der Waals surface area contributed by atoms with Gasteiger partial charge < -0.3 is 20.7 Å². The smallest absolute Gasteiger partial charge is 0.257 e. The fourth-order valence-corrected chi connectivity index (χ4v) is 2.54. The van der Waals surface area contributed by atoms with Crippen LogP contribution in [0.2, 0.25) is 0 Å². The standard InChI is InChI=1S/C21H28N4O2.HI/c1-4-23-20(26)15-27-19-11-7-9-17(12-19)13-24-21(22-3)25-14-18-10-6-5-8-16(18)2;/h5-12H,4,13-15H2,1-3H3,(H,23,26)(H2,22,24,25);1H. The largest absolute Gasteiger partial charge is 0.484 e. The number of halogens is 1. The molecular formula is C21H29IN4O2. The summed E-state index contributed by atoms with van der Waals surface area (Å²) in [7, 11) is 1.75. The molecule has 0 atom stereocenters. The number of nitrogens with zero attached hydrogens (tertiary/aromatic N) is 1. The first-order valence-corrected chi connectivity index (χ1v) is 9.09. The van der Waals surface area contributed by atoms with Crippen molar-refractivity contribution in [3.8, 4) is 5.75 Å². The van der Waals surface area contributed by atoms with Gasteiger partial charge in [-0.05, 0) is 42.7 Å². The minimum Gasteiger partial charge on any atom is -0.484 e. The molecule has 0 fully saturated rings. The molecule has 0 bridgehead atoms. The number of rotatable bonds is 8. The number of guanidine groups is 1. The molecule has 7 heteroatoms. The average molecular weight is 496 g/mol. The zero-order valence-corrected chi connectivity index (χ0v) is 18.9. The normalized spacial score (nSPS) is 10.6. The molecular weight excluding hydrogens is 467 g/mol. The lowest BCUT2D eigenvalue weighted by molar-refractivity contribution is -0.122.